The molecular weight excluding hydrogens is 456 g/mol. The molecule has 2 aliphatic rings. The summed E-state index contributed by atoms with van der Waals surface area (Å²) < 4.78 is 12.0. The van der Waals surface area contributed by atoms with Crippen LogP contribution in [0, 0.1) is 0 Å². The van der Waals surface area contributed by atoms with Crippen molar-refractivity contribution in [2.45, 2.75) is 25.7 Å². The lowest BCUT2D eigenvalue weighted by Gasteiger charge is -2.13. The van der Waals surface area contributed by atoms with Gasteiger partial charge in [0.15, 0.2) is 0 Å². The van der Waals surface area contributed by atoms with Gasteiger partial charge in [0, 0.05) is 16.5 Å². The summed E-state index contributed by atoms with van der Waals surface area (Å²) in [5, 5.41) is 13.1. The van der Waals surface area contributed by atoms with Gasteiger partial charge >= 0.3 is 5.97 Å². The highest BCUT2D eigenvalue weighted by Crippen LogP contribution is 2.39. The Hall–Kier alpha value is -3.82. The average molecular weight is 474 g/mol. The van der Waals surface area contributed by atoms with Crippen molar-refractivity contribution in [1.29, 1.82) is 0 Å². The quantitative estimate of drug-likeness (QED) is 0.316. The van der Waals surface area contributed by atoms with Crippen molar-refractivity contribution in [3.63, 3.8) is 0 Å². The van der Waals surface area contributed by atoms with Crippen LogP contribution in [0.2, 0.25) is 0 Å². The molecule has 0 radical (unpaired) electrons. The summed E-state index contributed by atoms with van der Waals surface area (Å²) in [7, 11) is 1.56. The van der Waals surface area contributed by atoms with Gasteiger partial charge in [0.2, 0.25) is 5.78 Å². The zero-order chi connectivity index (χ0) is 23.6. The Balaban J connectivity index is 1.64. The number of benzene rings is 1. The second-order valence-corrected chi connectivity index (χ2v) is 9.19. The van der Waals surface area contributed by atoms with Crippen LogP contribution in [0.3, 0.4) is 0 Å². The molecule has 6 rings (SSSR count). The van der Waals surface area contributed by atoms with Gasteiger partial charge in [-0.2, -0.15) is 0 Å². The predicted octanol–water partition coefficient (Wildman–Crippen LogP) is 3.21. The summed E-state index contributed by atoms with van der Waals surface area (Å²) in [5.41, 5.74) is 2.97. The minimum atomic E-state index is -1.15. The van der Waals surface area contributed by atoms with Gasteiger partial charge < -0.3 is 19.1 Å². The number of carbonyl (C=O) groups excluding carboxylic acids is 2. The first-order valence-electron chi connectivity index (χ1n) is 10.7. The van der Waals surface area contributed by atoms with Crippen LogP contribution in [-0.2, 0) is 22.7 Å². The number of esters is 1. The van der Waals surface area contributed by atoms with Crippen LogP contribution in [0.4, 0.5) is 0 Å². The SMILES string of the molecule is COc1ccc2nc3c(c(C(=O)c4cccs4)c2c1)Cn1c-3cc2c(c1=O)COC(=O)CC2O. The zero-order valence-corrected chi connectivity index (χ0v) is 18.8. The van der Waals surface area contributed by atoms with Gasteiger partial charge in [-0.15, -0.1) is 11.3 Å². The molecule has 0 amide bonds. The maximum Gasteiger partial charge on any atom is 0.309 e. The molecule has 1 atom stereocenters. The van der Waals surface area contributed by atoms with Gasteiger partial charge in [-0.05, 0) is 41.3 Å². The van der Waals surface area contributed by atoms with E-state index >= 15 is 0 Å². The molecule has 0 aliphatic carbocycles. The highest BCUT2D eigenvalue weighted by Gasteiger charge is 2.33. The summed E-state index contributed by atoms with van der Waals surface area (Å²) >= 11 is 1.35. The van der Waals surface area contributed by atoms with Crippen LogP contribution in [0.1, 0.15) is 44.5 Å². The van der Waals surface area contributed by atoms with Gasteiger partial charge in [0.05, 0.1) is 53.5 Å². The molecule has 1 unspecified atom stereocenters. The van der Waals surface area contributed by atoms with Crippen molar-refractivity contribution >= 4 is 34.0 Å². The molecule has 2 aliphatic heterocycles. The minimum Gasteiger partial charge on any atom is -0.497 e. The number of fused-ring (bicyclic) bond motifs is 5. The maximum absolute atomic E-state index is 13.7. The van der Waals surface area contributed by atoms with E-state index < -0.39 is 12.1 Å². The third-order valence-electron chi connectivity index (χ3n) is 6.36. The van der Waals surface area contributed by atoms with Crippen molar-refractivity contribution in [3.8, 4) is 17.1 Å². The lowest BCUT2D eigenvalue weighted by Crippen LogP contribution is -2.25. The van der Waals surface area contributed by atoms with Gasteiger partial charge in [-0.1, -0.05) is 6.07 Å². The molecule has 4 aromatic rings. The molecule has 0 spiro atoms. The highest BCUT2D eigenvalue weighted by molar-refractivity contribution is 7.12. The van der Waals surface area contributed by atoms with E-state index in [1.165, 1.54) is 15.9 Å². The number of aliphatic hydroxyl groups is 1. The molecule has 8 nitrogen and oxygen atoms in total. The van der Waals surface area contributed by atoms with Gasteiger partial charge in [-0.3, -0.25) is 14.4 Å². The van der Waals surface area contributed by atoms with Crippen molar-refractivity contribution in [3.05, 3.63) is 79.3 Å². The average Bonchev–Trinajstić information content (AvgIpc) is 3.46. The Kier molecular flexibility index (Phi) is 4.65. The Morgan fingerprint density at radius 2 is 2.09 bits per heavy atom. The highest BCUT2D eigenvalue weighted by atomic mass is 32.1. The molecule has 5 heterocycles. The van der Waals surface area contributed by atoms with Crippen LogP contribution >= 0.6 is 11.3 Å². The molecule has 0 fully saturated rings. The second kappa shape index (κ2) is 7.61. The van der Waals surface area contributed by atoms with Crippen molar-refractivity contribution in [2.75, 3.05) is 7.11 Å². The summed E-state index contributed by atoms with van der Waals surface area (Å²) in [6.07, 6.45) is -1.37. The first kappa shape index (κ1) is 20.8. The first-order valence-corrected chi connectivity index (χ1v) is 11.5. The number of thiophene rings is 1. The monoisotopic (exact) mass is 474 g/mol. The summed E-state index contributed by atoms with van der Waals surface area (Å²) in [6.45, 7) is -0.0539. The Bertz CT molecular complexity index is 1570. The number of aromatic nitrogens is 2. The number of rotatable bonds is 3. The van der Waals surface area contributed by atoms with E-state index in [4.69, 9.17) is 14.5 Å². The zero-order valence-electron chi connectivity index (χ0n) is 18.0. The van der Waals surface area contributed by atoms with Crippen molar-refractivity contribution in [1.82, 2.24) is 9.55 Å². The molecule has 0 saturated carbocycles. The number of hydrogen-bond acceptors (Lipinski definition) is 8. The number of ketones is 1. The van der Waals surface area contributed by atoms with Crippen LogP contribution in [-0.4, -0.2) is 33.5 Å². The normalized spacial score (nSPS) is 16.4. The number of methoxy groups -OCH3 is 1. The molecule has 9 heteroatoms. The van der Waals surface area contributed by atoms with E-state index in [0.29, 0.717) is 49.6 Å². The van der Waals surface area contributed by atoms with E-state index in [-0.39, 0.29) is 36.5 Å². The van der Waals surface area contributed by atoms with Crippen molar-refractivity contribution < 1.29 is 24.2 Å². The van der Waals surface area contributed by atoms with E-state index in [2.05, 4.69) is 0 Å². The Labute approximate surface area is 197 Å². The lowest BCUT2D eigenvalue weighted by molar-refractivity contribution is -0.146. The second-order valence-electron chi connectivity index (χ2n) is 8.24. The maximum atomic E-state index is 13.7. The third-order valence-corrected chi connectivity index (χ3v) is 7.22. The van der Waals surface area contributed by atoms with Gasteiger partial charge in [0.25, 0.3) is 5.56 Å². The molecule has 1 aromatic carbocycles. The smallest absolute Gasteiger partial charge is 0.309 e. The molecule has 3 aromatic heterocycles. The molecule has 170 valence electrons. The number of carbonyl (C=O) groups is 2. The van der Waals surface area contributed by atoms with Crippen LogP contribution < -0.4 is 10.3 Å². The standard InChI is InChI=1S/C25H18N2O6S/c1-32-12-4-5-17-14(7-12)22(24(30)20-3-2-6-34-20)15-10-27-18(23(15)26-17)8-13-16(25(27)31)11-33-21(29)9-19(13)28/h2-8,19,28H,9-11H2,1H3. The Morgan fingerprint density at radius 1 is 1.24 bits per heavy atom. The summed E-state index contributed by atoms with van der Waals surface area (Å²) in [6, 6.07) is 10.6. The number of nitrogens with zero attached hydrogens (tertiary/aromatic N) is 2. The molecular formula is C25H18N2O6S. The number of pyridine rings is 2. The Morgan fingerprint density at radius 3 is 2.85 bits per heavy atom. The van der Waals surface area contributed by atoms with E-state index in [9.17, 15) is 19.5 Å². The molecule has 0 saturated heterocycles. The third kappa shape index (κ3) is 3.01. The fourth-order valence-electron chi connectivity index (χ4n) is 4.71. The molecule has 1 N–H and O–H groups in total. The first-order chi connectivity index (χ1) is 16.5. The summed E-state index contributed by atoms with van der Waals surface area (Å²) in [5.74, 6) is -0.113. The fourth-order valence-corrected chi connectivity index (χ4v) is 5.38. The topological polar surface area (TPSA) is 108 Å². The van der Waals surface area contributed by atoms with Gasteiger partial charge in [-0.25, -0.2) is 4.98 Å². The molecule has 0 bridgehead atoms. The molecule has 34 heavy (non-hydrogen) atoms. The lowest BCUT2D eigenvalue weighted by atomic mass is 9.95. The minimum absolute atomic E-state index is 0.146. The van der Waals surface area contributed by atoms with Crippen LogP contribution in [0.15, 0.2) is 46.6 Å². The van der Waals surface area contributed by atoms with Gasteiger partial charge in [0.1, 0.15) is 12.4 Å². The van der Waals surface area contributed by atoms with E-state index in [1.54, 1.807) is 37.4 Å². The van der Waals surface area contributed by atoms with Crippen LogP contribution in [0.25, 0.3) is 22.3 Å². The number of aliphatic hydroxyl groups excluding tert-OH is 1. The summed E-state index contributed by atoms with van der Waals surface area (Å²) in [4.78, 5) is 44.3. The number of cyclic esters (lactones) is 1. The number of ether oxygens (including phenoxy) is 2. The number of hydrogen-bond donors (Lipinski definition) is 1. The largest absolute Gasteiger partial charge is 0.497 e. The predicted molar refractivity (Wildman–Crippen MR) is 124 cm³/mol. The van der Waals surface area contributed by atoms with Crippen LogP contribution in [0.5, 0.6) is 5.75 Å². The van der Waals surface area contributed by atoms with Crippen molar-refractivity contribution in [2.24, 2.45) is 0 Å². The van der Waals surface area contributed by atoms with E-state index in [0.717, 1.165) is 0 Å². The fraction of sp³-hybridized carbons (Fsp3) is 0.200. The van der Waals surface area contributed by atoms with E-state index in [1.807, 2.05) is 11.4 Å².